The number of nitriles is 1. The molecule has 1 saturated carbocycles. The van der Waals surface area contributed by atoms with Crippen LogP contribution in [-0.2, 0) is 19.5 Å². The predicted octanol–water partition coefficient (Wildman–Crippen LogP) is 5.57. The number of halogens is 2. The summed E-state index contributed by atoms with van der Waals surface area (Å²) in [6, 6.07) is 25.1. The van der Waals surface area contributed by atoms with Crippen LogP contribution in [0.5, 0.6) is 17.2 Å². The Morgan fingerprint density at radius 2 is 1.58 bits per heavy atom. The highest BCUT2D eigenvalue weighted by atomic mass is 35.5. The van der Waals surface area contributed by atoms with Gasteiger partial charge >= 0.3 is 13.8 Å². The van der Waals surface area contributed by atoms with Crippen molar-refractivity contribution >= 4 is 37.0 Å². The monoisotopic (exact) mass is 579 g/mol. The molecule has 3 aromatic carbocycles. The molecule has 1 aliphatic rings. The van der Waals surface area contributed by atoms with Crippen molar-refractivity contribution < 1.29 is 38.3 Å². The molecule has 9 nitrogen and oxygen atoms in total. The zero-order chi connectivity index (χ0) is 28.0. The van der Waals surface area contributed by atoms with Gasteiger partial charge in [-0.15, -0.1) is 0 Å². The van der Waals surface area contributed by atoms with E-state index < -0.39 is 29.6 Å². The fraction of sp³-hybridized carbons (Fsp3) is 0.231. The molecule has 0 radical (unpaired) electrons. The first kappa shape index (κ1) is 29.5. The van der Waals surface area contributed by atoms with Crippen LogP contribution in [0.3, 0.4) is 0 Å². The summed E-state index contributed by atoms with van der Waals surface area (Å²) in [7, 11) is -4.64. The third-order valence-corrected chi connectivity index (χ3v) is 6.39. The third kappa shape index (κ3) is 7.49. The second-order valence-corrected chi connectivity index (χ2v) is 10.7. The van der Waals surface area contributed by atoms with E-state index in [1.165, 1.54) is 0 Å². The maximum atomic E-state index is 13.3. The van der Waals surface area contributed by atoms with Crippen molar-refractivity contribution in [2.75, 3.05) is 6.61 Å². The van der Waals surface area contributed by atoms with Gasteiger partial charge < -0.3 is 28.9 Å². The summed E-state index contributed by atoms with van der Waals surface area (Å²) in [5, 5.41) is 9.74. The largest absolute Gasteiger partial charge is 0.494 e. The first-order chi connectivity index (χ1) is 17.9. The van der Waals surface area contributed by atoms with Crippen LogP contribution in [0.1, 0.15) is 30.6 Å². The van der Waals surface area contributed by atoms with Crippen molar-refractivity contribution in [3.8, 4) is 23.3 Å². The Kier molecular flexibility index (Phi) is 9.45. The molecule has 2 atom stereocenters. The lowest BCUT2D eigenvalue weighted by atomic mass is 9.95. The summed E-state index contributed by atoms with van der Waals surface area (Å²) in [6.07, 6.45) is -0.966. The van der Waals surface area contributed by atoms with E-state index in [0.29, 0.717) is 35.0 Å². The molecule has 0 bridgehead atoms. The van der Waals surface area contributed by atoms with Crippen molar-refractivity contribution in [3.05, 3.63) is 90.0 Å². The number of hydrogen-bond acceptors (Lipinski definition) is 6. The molecule has 1 aliphatic carbocycles. The van der Waals surface area contributed by atoms with Gasteiger partial charge in [-0.2, -0.15) is 5.26 Å². The zero-order valence-corrected chi connectivity index (χ0v) is 22.4. The van der Waals surface area contributed by atoms with E-state index in [0.717, 1.165) is 0 Å². The minimum atomic E-state index is -4.64. The molecule has 200 valence electrons. The van der Waals surface area contributed by atoms with E-state index >= 15 is 0 Å². The number of esters is 1. The van der Waals surface area contributed by atoms with Crippen molar-refractivity contribution in [2.24, 2.45) is 0 Å². The summed E-state index contributed by atoms with van der Waals surface area (Å²) < 4.78 is 24.5. The van der Waals surface area contributed by atoms with E-state index in [2.05, 4.69) is 0 Å². The molecule has 12 heteroatoms. The number of ether oxygens (including phenoxy) is 3. The molecular weight excluding hydrogens is 556 g/mol. The number of hydrogen-bond donors (Lipinski definition) is 3. The highest BCUT2D eigenvalue weighted by molar-refractivity contribution is 7.45. The molecule has 2 unspecified atom stereocenters. The highest BCUT2D eigenvalue weighted by Crippen LogP contribution is 2.65. The van der Waals surface area contributed by atoms with Gasteiger partial charge in [-0.25, -0.2) is 4.57 Å². The molecule has 1 fully saturated rings. The van der Waals surface area contributed by atoms with Gasteiger partial charge in [-0.05, 0) is 48.9 Å². The van der Waals surface area contributed by atoms with Crippen LogP contribution in [0.15, 0.2) is 78.9 Å². The lowest BCUT2D eigenvalue weighted by molar-refractivity contribution is -0.150. The average Bonchev–Trinajstić information content (AvgIpc) is 3.46. The van der Waals surface area contributed by atoms with Crippen molar-refractivity contribution in [1.82, 2.24) is 0 Å². The van der Waals surface area contributed by atoms with Crippen LogP contribution in [-0.4, -0.2) is 31.6 Å². The van der Waals surface area contributed by atoms with Crippen LogP contribution in [0.25, 0.3) is 0 Å². The minimum absolute atomic E-state index is 0.186. The molecule has 0 amide bonds. The van der Waals surface area contributed by atoms with E-state index in [1.54, 1.807) is 48.5 Å². The fourth-order valence-electron chi connectivity index (χ4n) is 3.69. The smallest absolute Gasteiger partial charge is 0.466 e. The Morgan fingerprint density at radius 3 is 2.11 bits per heavy atom. The van der Waals surface area contributed by atoms with Gasteiger partial charge in [-0.3, -0.25) is 4.79 Å². The number of benzene rings is 3. The summed E-state index contributed by atoms with van der Waals surface area (Å²) in [6.45, 7) is 2.41. The standard InChI is InChI=1S/C26H21Cl2NO4.H3O4P/c1-2-31-20-13-11-19(12-14-20)25(17-26(25,27)28)24(30)33-23(16-29)18-7-6-10-22(15-18)32-21-8-4-3-5-9-21;1-5(2,3)4/h3-15,23H,2,17H2,1H3;(H3,1,2,3,4). The van der Waals surface area contributed by atoms with Gasteiger partial charge in [0.2, 0.25) is 6.10 Å². The number of carbonyl (C=O) groups is 1. The van der Waals surface area contributed by atoms with Crippen LogP contribution in [0.4, 0.5) is 0 Å². The maximum Gasteiger partial charge on any atom is 0.466 e. The van der Waals surface area contributed by atoms with Gasteiger partial charge in [0, 0.05) is 12.0 Å². The number of carbonyl (C=O) groups excluding carboxylic acids is 1. The maximum absolute atomic E-state index is 13.3. The summed E-state index contributed by atoms with van der Waals surface area (Å²) in [5.41, 5.74) is -0.163. The van der Waals surface area contributed by atoms with Gasteiger partial charge in [0.25, 0.3) is 0 Å². The van der Waals surface area contributed by atoms with E-state index in [1.807, 2.05) is 43.3 Å². The number of rotatable bonds is 8. The topological polar surface area (TPSA) is 146 Å². The number of para-hydroxylation sites is 1. The number of nitrogens with zero attached hydrogens (tertiary/aromatic N) is 1. The second-order valence-electron chi connectivity index (χ2n) is 8.16. The Morgan fingerprint density at radius 1 is 1.00 bits per heavy atom. The Balaban J connectivity index is 0.000000732. The molecule has 4 rings (SSSR count). The van der Waals surface area contributed by atoms with Crippen LogP contribution in [0.2, 0.25) is 0 Å². The first-order valence-corrected chi connectivity index (χ1v) is 13.5. The van der Waals surface area contributed by atoms with Gasteiger partial charge in [0.1, 0.15) is 33.1 Å². The molecular formula is C26H24Cl2NO8P. The normalized spacial score (nSPS) is 18.1. The Bertz CT molecular complexity index is 1330. The predicted molar refractivity (Wildman–Crippen MR) is 140 cm³/mol. The van der Waals surface area contributed by atoms with Crippen molar-refractivity contribution in [3.63, 3.8) is 0 Å². The highest BCUT2D eigenvalue weighted by Gasteiger charge is 2.73. The lowest BCUT2D eigenvalue weighted by Crippen LogP contribution is -2.30. The molecule has 3 aromatic rings. The molecule has 0 saturated heterocycles. The van der Waals surface area contributed by atoms with Crippen LogP contribution in [0, 0.1) is 11.3 Å². The fourth-order valence-corrected chi connectivity index (χ4v) is 4.46. The molecule has 0 spiro atoms. The molecule has 0 heterocycles. The zero-order valence-electron chi connectivity index (χ0n) is 20.0. The Hall–Kier alpha value is -3.09. The summed E-state index contributed by atoms with van der Waals surface area (Å²) >= 11 is 12.8. The number of phosphoric acid groups is 1. The quantitative estimate of drug-likeness (QED) is 0.177. The summed E-state index contributed by atoms with van der Waals surface area (Å²) in [4.78, 5) is 34.8. The minimum Gasteiger partial charge on any atom is -0.494 e. The van der Waals surface area contributed by atoms with E-state index in [4.69, 9.17) is 56.7 Å². The second kappa shape index (κ2) is 12.2. The van der Waals surface area contributed by atoms with Crippen molar-refractivity contribution in [2.45, 2.75) is 29.2 Å². The van der Waals surface area contributed by atoms with E-state index in [9.17, 15) is 10.1 Å². The molecule has 0 aromatic heterocycles. The van der Waals surface area contributed by atoms with Gasteiger partial charge in [-0.1, -0.05) is 65.7 Å². The van der Waals surface area contributed by atoms with Gasteiger partial charge in [0.05, 0.1) is 6.61 Å². The average molecular weight is 580 g/mol. The summed E-state index contributed by atoms with van der Waals surface area (Å²) in [5.74, 6) is 1.19. The third-order valence-electron chi connectivity index (χ3n) is 5.48. The Labute approximate surface area is 229 Å². The molecule has 38 heavy (non-hydrogen) atoms. The molecule has 3 N–H and O–H groups in total. The first-order valence-electron chi connectivity index (χ1n) is 11.2. The van der Waals surface area contributed by atoms with Crippen LogP contribution >= 0.6 is 31.0 Å². The van der Waals surface area contributed by atoms with Gasteiger partial charge in [0.15, 0.2) is 0 Å². The van der Waals surface area contributed by atoms with E-state index in [-0.39, 0.29) is 6.42 Å². The SMILES string of the molecule is CCOc1ccc(C2(C(=O)OC(C#N)c3cccc(Oc4ccccc4)c3)CC2(Cl)Cl)cc1.O=P(O)(O)O. The number of alkyl halides is 2. The molecule has 0 aliphatic heterocycles. The van der Waals surface area contributed by atoms with Crippen LogP contribution < -0.4 is 9.47 Å². The van der Waals surface area contributed by atoms with Crippen molar-refractivity contribution in [1.29, 1.82) is 5.26 Å². The lowest BCUT2D eigenvalue weighted by Gasteiger charge is -2.20.